The van der Waals surface area contributed by atoms with E-state index in [1.54, 1.807) is 0 Å². The Labute approximate surface area is 172 Å². The van der Waals surface area contributed by atoms with E-state index >= 15 is 0 Å². The highest BCUT2D eigenvalue weighted by molar-refractivity contribution is 5.75. The van der Waals surface area contributed by atoms with Crippen molar-refractivity contribution in [3.63, 3.8) is 0 Å². The highest BCUT2D eigenvalue weighted by Gasteiger charge is 2.27. The van der Waals surface area contributed by atoms with Gasteiger partial charge in [0.2, 0.25) is 0 Å². The minimum absolute atomic E-state index is 0.0147. The van der Waals surface area contributed by atoms with E-state index in [1.165, 1.54) is 76.2 Å². The third-order valence-electron chi connectivity index (χ3n) is 7.26. The van der Waals surface area contributed by atoms with Crippen LogP contribution in [-0.2, 0) is 4.79 Å². The molecule has 3 rings (SSSR count). The minimum atomic E-state index is -0.0147. The zero-order chi connectivity index (χ0) is 19.8. The maximum atomic E-state index is 12.5. The highest BCUT2D eigenvalue weighted by atomic mass is 16.5. The first-order valence-corrected chi connectivity index (χ1v) is 12.0. The van der Waals surface area contributed by atoms with Crippen molar-refractivity contribution in [1.82, 2.24) is 0 Å². The average molecular weight is 385 g/mol. The molecular formula is C26H40O2. The summed E-state index contributed by atoms with van der Waals surface area (Å²) in [7, 11) is 0. The molecule has 0 bridgehead atoms. The molecule has 0 radical (unpaired) electrons. The van der Waals surface area contributed by atoms with Crippen LogP contribution in [0.15, 0.2) is 24.3 Å². The number of carbonyl (C=O) groups excluding carboxylic acids is 1. The summed E-state index contributed by atoms with van der Waals surface area (Å²) < 4.78 is 5.71. The second kappa shape index (κ2) is 11.0. The number of hydrogen-bond acceptors (Lipinski definition) is 2. The summed E-state index contributed by atoms with van der Waals surface area (Å²) >= 11 is 0. The van der Waals surface area contributed by atoms with Gasteiger partial charge in [-0.05, 0) is 86.8 Å². The first kappa shape index (κ1) is 21.4. The molecule has 0 aliphatic heterocycles. The lowest BCUT2D eigenvalue weighted by Crippen LogP contribution is -2.25. The SMILES string of the molecule is CCCC[C@H]1CC[C@H](c2ccc(OC(=O)[C@H]3CC[C@H](CCC)CC3)cc2)CC1. The molecule has 2 saturated carbocycles. The summed E-state index contributed by atoms with van der Waals surface area (Å²) in [5, 5.41) is 0. The molecule has 2 fully saturated rings. The summed E-state index contributed by atoms with van der Waals surface area (Å²) in [6.07, 6.45) is 16.4. The van der Waals surface area contributed by atoms with Gasteiger partial charge >= 0.3 is 5.97 Å². The lowest BCUT2D eigenvalue weighted by atomic mass is 9.77. The van der Waals surface area contributed by atoms with Gasteiger partial charge < -0.3 is 4.74 Å². The summed E-state index contributed by atoms with van der Waals surface area (Å²) in [5.74, 6) is 3.28. The van der Waals surface area contributed by atoms with Gasteiger partial charge in [-0.15, -0.1) is 0 Å². The molecule has 0 saturated heterocycles. The number of carbonyl (C=O) groups is 1. The molecule has 2 aliphatic carbocycles. The Morgan fingerprint density at radius 2 is 1.43 bits per heavy atom. The summed E-state index contributed by atoms with van der Waals surface area (Å²) in [5.41, 5.74) is 1.42. The van der Waals surface area contributed by atoms with Crippen LogP contribution in [0, 0.1) is 17.8 Å². The molecule has 0 spiro atoms. The van der Waals surface area contributed by atoms with Gasteiger partial charge in [0.15, 0.2) is 0 Å². The molecule has 0 aromatic heterocycles. The minimum Gasteiger partial charge on any atom is -0.426 e. The fourth-order valence-electron chi connectivity index (χ4n) is 5.38. The van der Waals surface area contributed by atoms with Crippen LogP contribution in [0.4, 0.5) is 0 Å². The summed E-state index contributed by atoms with van der Waals surface area (Å²) in [4.78, 5) is 12.5. The van der Waals surface area contributed by atoms with Crippen LogP contribution in [-0.4, -0.2) is 5.97 Å². The van der Waals surface area contributed by atoms with E-state index in [4.69, 9.17) is 4.74 Å². The monoisotopic (exact) mass is 384 g/mol. The first-order valence-electron chi connectivity index (χ1n) is 12.0. The van der Waals surface area contributed by atoms with Crippen molar-refractivity contribution >= 4 is 5.97 Å². The molecule has 2 heteroatoms. The lowest BCUT2D eigenvalue weighted by molar-refractivity contribution is -0.140. The molecule has 28 heavy (non-hydrogen) atoms. The number of ether oxygens (including phenoxy) is 1. The molecule has 2 aliphatic rings. The molecule has 0 atom stereocenters. The first-order chi connectivity index (χ1) is 13.7. The zero-order valence-corrected chi connectivity index (χ0v) is 18.1. The van der Waals surface area contributed by atoms with Gasteiger partial charge in [0.05, 0.1) is 5.92 Å². The molecule has 1 aromatic rings. The maximum Gasteiger partial charge on any atom is 0.314 e. The number of rotatable bonds is 8. The maximum absolute atomic E-state index is 12.5. The third-order valence-corrected chi connectivity index (χ3v) is 7.26. The summed E-state index contributed by atoms with van der Waals surface area (Å²) in [6, 6.07) is 8.41. The fraction of sp³-hybridized carbons (Fsp3) is 0.731. The second-order valence-corrected chi connectivity index (χ2v) is 9.36. The molecule has 0 amide bonds. The predicted octanol–water partition coefficient (Wildman–Crippen LogP) is 7.66. The fourth-order valence-corrected chi connectivity index (χ4v) is 5.38. The molecule has 156 valence electrons. The van der Waals surface area contributed by atoms with E-state index in [0.29, 0.717) is 5.92 Å². The van der Waals surface area contributed by atoms with Crippen molar-refractivity contribution in [2.24, 2.45) is 17.8 Å². The van der Waals surface area contributed by atoms with Crippen molar-refractivity contribution in [2.45, 2.75) is 103 Å². The Morgan fingerprint density at radius 3 is 2.04 bits per heavy atom. The van der Waals surface area contributed by atoms with E-state index in [1.807, 2.05) is 12.1 Å². The molecule has 2 nitrogen and oxygen atoms in total. The van der Waals surface area contributed by atoms with Crippen molar-refractivity contribution in [3.8, 4) is 5.75 Å². The smallest absolute Gasteiger partial charge is 0.314 e. The predicted molar refractivity (Wildman–Crippen MR) is 117 cm³/mol. The Hall–Kier alpha value is -1.31. The van der Waals surface area contributed by atoms with Gasteiger partial charge in [0.25, 0.3) is 0 Å². The standard InChI is InChI=1S/C26H40O2/c1-3-5-7-21-8-12-22(13-9-21)23-16-18-25(19-17-23)28-26(27)24-14-10-20(6-4-2)11-15-24/h16-22,24H,3-15H2,1-2H3/t20-,21-,22-,24-. The Morgan fingerprint density at radius 1 is 0.821 bits per heavy atom. The topological polar surface area (TPSA) is 26.3 Å². The molecule has 0 N–H and O–H groups in total. The van der Waals surface area contributed by atoms with E-state index in [-0.39, 0.29) is 11.9 Å². The second-order valence-electron chi connectivity index (χ2n) is 9.36. The van der Waals surface area contributed by atoms with Gasteiger partial charge in [-0.1, -0.05) is 58.1 Å². The van der Waals surface area contributed by atoms with Gasteiger partial charge in [-0.2, -0.15) is 0 Å². The number of esters is 1. The van der Waals surface area contributed by atoms with Crippen molar-refractivity contribution < 1.29 is 9.53 Å². The summed E-state index contributed by atoms with van der Waals surface area (Å²) in [6.45, 7) is 4.54. The van der Waals surface area contributed by atoms with E-state index < -0.39 is 0 Å². The van der Waals surface area contributed by atoms with E-state index in [9.17, 15) is 4.79 Å². The third kappa shape index (κ3) is 6.09. The van der Waals surface area contributed by atoms with Crippen LogP contribution in [0.25, 0.3) is 0 Å². The van der Waals surface area contributed by atoms with Crippen LogP contribution in [0.1, 0.15) is 109 Å². The van der Waals surface area contributed by atoms with Crippen molar-refractivity contribution in [3.05, 3.63) is 29.8 Å². The molecule has 0 heterocycles. The quantitative estimate of drug-likeness (QED) is 0.339. The van der Waals surface area contributed by atoms with E-state index in [2.05, 4.69) is 26.0 Å². The van der Waals surface area contributed by atoms with E-state index in [0.717, 1.165) is 30.4 Å². The number of unbranched alkanes of at least 4 members (excludes halogenated alkanes) is 1. The van der Waals surface area contributed by atoms with Gasteiger partial charge in [0, 0.05) is 0 Å². The van der Waals surface area contributed by atoms with Crippen LogP contribution >= 0.6 is 0 Å². The molecule has 0 unspecified atom stereocenters. The number of hydrogen-bond donors (Lipinski definition) is 0. The Balaban J connectivity index is 1.44. The normalized spacial score (nSPS) is 28.1. The largest absolute Gasteiger partial charge is 0.426 e. The average Bonchev–Trinajstić information content (AvgIpc) is 2.74. The van der Waals surface area contributed by atoms with Crippen LogP contribution in [0.5, 0.6) is 5.75 Å². The lowest BCUT2D eigenvalue weighted by Gasteiger charge is -2.29. The Kier molecular flexibility index (Phi) is 8.43. The van der Waals surface area contributed by atoms with Gasteiger partial charge in [-0.3, -0.25) is 4.79 Å². The van der Waals surface area contributed by atoms with Gasteiger partial charge in [0.1, 0.15) is 5.75 Å². The Bertz CT molecular complexity index is 575. The van der Waals surface area contributed by atoms with Crippen LogP contribution in [0.3, 0.4) is 0 Å². The van der Waals surface area contributed by atoms with Crippen LogP contribution in [0.2, 0.25) is 0 Å². The van der Waals surface area contributed by atoms with Gasteiger partial charge in [-0.25, -0.2) is 0 Å². The zero-order valence-electron chi connectivity index (χ0n) is 18.1. The van der Waals surface area contributed by atoms with Crippen molar-refractivity contribution in [2.75, 3.05) is 0 Å². The van der Waals surface area contributed by atoms with Crippen molar-refractivity contribution in [1.29, 1.82) is 0 Å². The highest BCUT2D eigenvalue weighted by Crippen LogP contribution is 2.38. The molecular weight excluding hydrogens is 344 g/mol. The number of benzene rings is 1. The molecule has 1 aromatic carbocycles. The van der Waals surface area contributed by atoms with Crippen LogP contribution < -0.4 is 4.74 Å².